The predicted molar refractivity (Wildman–Crippen MR) is 107 cm³/mol. The number of hydrogen-bond acceptors (Lipinski definition) is 5. The van der Waals surface area contributed by atoms with Crippen LogP contribution in [0.5, 0.6) is 0 Å². The molecule has 2 amide bonds. The SMILES string of the molecule is CC(O)C1CCN(C(=O)CC2(C(=O)N3CCC(C(C)O)CC3)CCNC2)CC1. The number of hydrogen-bond donors (Lipinski definition) is 3. The van der Waals surface area contributed by atoms with Gasteiger partial charge in [0.15, 0.2) is 0 Å². The van der Waals surface area contributed by atoms with Crippen molar-refractivity contribution in [3.8, 4) is 0 Å². The summed E-state index contributed by atoms with van der Waals surface area (Å²) >= 11 is 0. The molecule has 3 heterocycles. The van der Waals surface area contributed by atoms with Crippen molar-refractivity contribution < 1.29 is 19.8 Å². The molecule has 0 bridgehead atoms. The number of amides is 2. The molecule has 3 rings (SSSR count). The van der Waals surface area contributed by atoms with Crippen molar-refractivity contribution in [3.63, 3.8) is 0 Å². The number of aliphatic hydroxyl groups excluding tert-OH is 2. The summed E-state index contributed by atoms with van der Waals surface area (Å²) in [6.45, 7) is 7.67. The van der Waals surface area contributed by atoms with Crippen molar-refractivity contribution in [2.75, 3.05) is 39.3 Å². The molecule has 3 atom stereocenters. The summed E-state index contributed by atoms with van der Waals surface area (Å²) in [7, 11) is 0. The van der Waals surface area contributed by atoms with E-state index in [0.717, 1.165) is 32.2 Å². The van der Waals surface area contributed by atoms with Crippen LogP contribution < -0.4 is 5.32 Å². The fourth-order valence-electron chi connectivity index (χ4n) is 5.11. The van der Waals surface area contributed by atoms with Gasteiger partial charge in [0.2, 0.25) is 11.8 Å². The van der Waals surface area contributed by atoms with Gasteiger partial charge in [-0.05, 0) is 64.3 Å². The second-order valence-corrected chi connectivity index (χ2v) is 9.21. The summed E-state index contributed by atoms with van der Waals surface area (Å²) in [5, 5.41) is 22.9. The van der Waals surface area contributed by atoms with Crippen LogP contribution in [0.4, 0.5) is 0 Å². The number of rotatable bonds is 5. The molecule has 0 spiro atoms. The molecule has 3 aliphatic heterocycles. The average Bonchev–Trinajstić information content (AvgIpc) is 3.17. The van der Waals surface area contributed by atoms with Crippen LogP contribution in [0.3, 0.4) is 0 Å². The lowest BCUT2D eigenvalue weighted by Gasteiger charge is -2.40. The van der Waals surface area contributed by atoms with Gasteiger partial charge in [-0.25, -0.2) is 0 Å². The van der Waals surface area contributed by atoms with E-state index in [1.165, 1.54) is 0 Å². The topological polar surface area (TPSA) is 93.1 Å². The largest absolute Gasteiger partial charge is 0.393 e. The van der Waals surface area contributed by atoms with Gasteiger partial charge in [0.25, 0.3) is 0 Å². The number of nitrogens with one attached hydrogen (secondary N) is 1. The van der Waals surface area contributed by atoms with Crippen LogP contribution in [0.25, 0.3) is 0 Å². The highest BCUT2D eigenvalue weighted by Crippen LogP contribution is 2.35. The minimum absolute atomic E-state index is 0.0694. The van der Waals surface area contributed by atoms with Gasteiger partial charge in [-0.3, -0.25) is 9.59 Å². The van der Waals surface area contributed by atoms with Crippen LogP contribution in [0.2, 0.25) is 0 Å². The number of likely N-dealkylation sites (tertiary alicyclic amines) is 2. The average molecular weight is 396 g/mol. The van der Waals surface area contributed by atoms with E-state index in [4.69, 9.17) is 0 Å². The highest BCUT2D eigenvalue weighted by atomic mass is 16.3. The first-order chi connectivity index (χ1) is 13.3. The summed E-state index contributed by atoms with van der Waals surface area (Å²) in [4.78, 5) is 30.2. The Hall–Kier alpha value is -1.18. The number of nitrogens with zero attached hydrogens (tertiary/aromatic N) is 2. The monoisotopic (exact) mass is 395 g/mol. The van der Waals surface area contributed by atoms with Crippen molar-refractivity contribution in [1.82, 2.24) is 15.1 Å². The molecule has 0 radical (unpaired) electrons. The van der Waals surface area contributed by atoms with Gasteiger partial charge >= 0.3 is 0 Å². The van der Waals surface area contributed by atoms with Gasteiger partial charge in [0.05, 0.1) is 17.6 Å². The quantitative estimate of drug-likeness (QED) is 0.634. The van der Waals surface area contributed by atoms with Gasteiger partial charge in [-0.2, -0.15) is 0 Å². The fourth-order valence-corrected chi connectivity index (χ4v) is 5.11. The molecule has 0 aliphatic carbocycles. The first-order valence-corrected chi connectivity index (χ1v) is 11.0. The molecule has 0 aromatic carbocycles. The number of piperidine rings is 2. The van der Waals surface area contributed by atoms with Gasteiger partial charge in [0, 0.05) is 39.1 Å². The van der Waals surface area contributed by atoms with E-state index in [1.807, 2.05) is 23.6 Å². The Labute approximate surface area is 168 Å². The molecule has 3 N–H and O–H groups in total. The summed E-state index contributed by atoms with van der Waals surface area (Å²) < 4.78 is 0. The van der Waals surface area contributed by atoms with Crippen LogP contribution in [-0.4, -0.2) is 83.3 Å². The molecule has 0 aromatic rings. The molecule has 0 saturated carbocycles. The van der Waals surface area contributed by atoms with Gasteiger partial charge in [0.1, 0.15) is 0 Å². The summed E-state index contributed by atoms with van der Waals surface area (Å²) in [6.07, 6.45) is 3.64. The molecule has 3 saturated heterocycles. The number of aliphatic hydroxyl groups is 2. The van der Waals surface area contributed by atoms with Crippen molar-refractivity contribution in [2.45, 2.75) is 64.6 Å². The minimum Gasteiger partial charge on any atom is -0.393 e. The zero-order valence-corrected chi connectivity index (χ0v) is 17.4. The zero-order chi connectivity index (χ0) is 20.3. The smallest absolute Gasteiger partial charge is 0.230 e. The lowest BCUT2D eigenvalue weighted by atomic mass is 9.80. The van der Waals surface area contributed by atoms with Crippen LogP contribution in [-0.2, 0) is 9.59 Å². The molecule has 3 aliphatic rings. The molecule has 28 heavy (non-hydrogen) atoms. The van der Waals surface area contributed by atoms with Gasteiger partial charge < -0.3 is 25.3 Å². The highest BCUT2D eigenvalue weighted by Gasteiger charge is 2.46. The minimum atomic E-state index is -0.629. The van der Waals surface area contributed by atoms with E-state index in [-0.39, 0.29) is 42.3 Å². The zero-order valence-electron chi connectivity index (χ0n) is 17.4. The molecular weight excluding hydrogens is 358 g/mol. The summed E-state index contributed by atoms with van der Waals surface area (Å²) in [6, 6.07) is 0. The Morgan fingerprint density at radius 1 is 0.964 bits per heavy atom. The first-order valence-electron chi connectivity index (χ1n) is 11.0. The Bertz CT molecular complexity index is 544. The maximum atomic E-state index is 13.4. The van der Waals surface area contributed by atoms with Crippen molar-refractivity contribution in [3.05, 3.63) is 0 Å². The Morgan fingerprint density at radius 3 is 1.89 bits per heavy atom. The first kappa shape index (κ1) is 21.5. The van der Waals surface area contributed by atoms with Gasteiger partial charge in [-0.1, -0.05) is 0 Å². The van der Waals surface area contributed by atoms with E-state index in [1.54, 1.807) is 0 Å². The van der Waals surface area contributed by atoms with E-state index >= 15 is 0 Å². The highest BCUT2D eigenvalue weighted by molar-refractivity contribution is 5.89. The molecule has 0 aromatic heterocycles. The lowest BCUT2D eigenvalue weighted by molar-refractivity contribution is -0.149. The van der Waals surface area contributed by atoms with Crippen LogP contribution in [0, 0.1) is 17.3 Å². The molecule has 3 unspecified atom stereocenters. The van der Waals surface area contributed by atoms with Crippen LogP contribution in [0.15, 0.2) is 0 Å². The maximum Gasteiger partial charge on any atom is 0.230 e. The Kier molecular flexibility index (Phi) is 6.99. The molecular formula is C21H37N3O4. The van der Waals surface area contributed by atoms with Gasteiger partial charge in [-0.15, -0.1) is 0 Å². The van der Waals surface area contributed by atoms with E-state index in [0.29, 0.717) is 39.1 Å². The van der Waals surface area contributed by atoms with Crippen LogP contribution >= 0.6 is 0 Å². The molecule has 3 fully saturated rings. The third-order valence-corrected chi connectivity index (χ3v) is 7.27. The summed E-state index contributed by atoms with van der Waals surface area (Å²) in [5.74, 6) is 0.704. The second-order valence-electron chi connectivity index (χ2n) is 9.21. The number of carbonyl (C=O) groups excluding carboxylic acids is 2. The number of carbonyl (C=O) groups is 2. The Morgan fingerprint density at radius 2 is 1.46 bits per heavy atom. The predicted octanol–water partition coefficient (Wildman–Crippen LogP) is 0.595. The summed E-state index contributed by atoms with van der Waals surface area (Å²) in [5.41, 5.74) is -0.629. The molecule has 7 heteroatoms. The second kappa shape index (κ2) is 9.09. The van der Waals surface area contributed by atoms with Crippen LogP contribution in [0.1, 0.15) is 52.4 Å². The Balaban J connectivity index is 1.59. The van der Waals surface area contributed by atoms with Crippen molar-refractivity contribution in [1.29, 1.82) is 0 Å². The third kappa shape index (κ3) is 4.69. The fraction of sp³-hybridized carbons (Fsp3) is 0.905. The molecule has 160 valence electrons. The normalized spacial score (nSPS) is 29.7. The van der Waals surface area contributed by atoms with Crippen molar-refractivity contribution in [2.24, 2.45) is 17.3 Å². The molecule has 7 nitrogen and oxygen atoms in total. The van der Waals surface area contributed by atoms with E-state index in [9.17, 15) is 19.8 Å². The van der Waals surface area contributed by atoms with E-state index in [2.05, 4.69) is 5.32 Å². The third-order valence-electron chi connectivity index (χ3n) is 7.27. The standard InChI is InChI=1S/C21H37N3O4/c1-15(25)17-3-9-23(10-4-17)19(27)13-21(7-8-22-14-21)20(28)24-11-5-18(6-12-24)16(2)26/h15-18,22,25-26H,3-14H2,1-2H3. The van der Waals surface area contributed by atoms with Crippen molar-refractivity contribution >= 4 is 11.8 Å². The lowest BCUT2D eigenvalue weighted by Crippen LogP contribution is -2.51. The maximum absolute atomic E-state index is 13.4. The van der Waals surface area contributed by atoms with E-state index < -0.39 is 5.41 Å².